The van der Waals surface area contributed by atoms with Crippen molar-refractivity contribution in [3.05, 3.63) is 23.9 Å². The van der Waals surface area contributed by atoms with E-state index in [9.17, 15) is 0 Å². The van der Waals surface area contributed by atoms with Crippen molar-refractivity contribution in [2.75, 3.05) is 20.3 Å². The molecular formula is C9H10N2O2. The molecule has 1 heterocycles. The molecule has 0 aromatic carbocycles. The minimum atomic E-state index is 0.468. The third kappa shape index (κ3) is 3.09. The first-order valence-electron chi connectivity index (χ1n) is 3.84. The summed E-state index contributed by atoms with van der Waals surface area (Å²) in [6.45, 7) is 0.997. The Morgan fingerprint density at radius 1 is 1.46 bits per heavy atom. The zero-order chi connectivity index (χ0) is 9.52. The fourth-order valence-electron chi connectivity index (χ4n) is 0.761. The van der Waals surface area contributed by atoms with Crippen molar-refractivity contribution >= 4 is 0 Å². The Bertz CT molecular complexity index is 289. The average molecular weight is 178 g/mol. The molecule has 68 valence electrons. The van der Waals surface area contributed by atoms with E-state index < -0.39 is 0 Å². The van der Waals surface area contributed by atoms with Crippen LogP contribution in [0.5, 0.6) is 5.88 Å². The summed E-state index contributed by atoms with van der Waals surface area (Å²) in [5, 5.41) is 8.49. The van der Waals surface area contributed by atoms with E-state index in [4.69, 9.17) is 14.7 Å². The molecule has 0 saturated carbocycles. The summed E-state index contributed by atoms with van der Waals surface area (Å²) in [6, 6.07) is 5.30. The zero-order valence-electron chi connectivity index (χ0n) is 7.36. The van der Waals surface area contributed by atoms with Gasteiger partial charge in [0.25, 0.3) is 0 Å². The summed E-state index contributed by atoms with van der Waals surface area (Å²) in [4.78, 5) is 3.92. The fraction of sp³-hybridized carbons (Fsp3) is 0.333. The summed E-state index contributed by atoms with van der Waals surface area (Å²) >= 11 is 0. The summed E-state index contributed by atoms with van der Waals surface area (Å²) in [6.07, 6.45) is 1.47. The second kappa shape index (κ2) is 5.12. The van der Waals surface area contributed by atoms with Crippen LogP contribution in [0, 0.1) is 11.3 Å². The maximum atomic E-state index is 8.49. The zero-order valence-corrected chi connectivity index (χ0v) is 7.36. The molecule has 0 fully saturated rings. The molecule has 1 rings (SSSR count). The van der Waals surface area contributed by atoms with Crippen LogP contribution in [0.3, 0.4) is 0 Å². The molecule has 13 heavy (non-hydrogen) atoms. The van der Waals surface area contributed by atoms with Crippen LogP contribution in [0.4, 0.5) is 0 Å². The maximum absolute atomic E-state index is 8.49. The number of hydrogen-bond donors (Lipinski definition) is 0. The normalized spacial score (nSPS) is 9.23. The highest BCUT2D eigenvalue weighted by Crippen LogP contribution is 2.05. The van der Waals surface area contributed by atoms with Gasteiger partial charge in [-0.3, -0.25) is 0 Å². The van der Waals surface area contributed by atoms with Crippen molar-refractivity contribution in [2.45, 2.75) is 0 Å². The standard InChI is InChI=1S/C9H10N2O2/c1-12-4-5-13-9-3-2-8(6-10)7-11-9/h2-3,7H,4-5H2,1H3. The lowest BCUT2D eigenvalue weighted by atomic mass is 10.3. The van der Waals surface area contributed by atoms with E-state index in [0.29, 0.717) is 24.7 Å². The molecule has 0 atom stereocenters. The SMILES string of the molecule is COCCOc1ccc(C#N)cn1. The quantitative estimate of drug-likeness (QED) is 0.645. The highest BCUT2D eigenvalue weighted by Gasteiger charge is 1.94. The van der Waals surface area contributed by atoms with Gasteiger partial charge in [0.2, 0.25) is 5.88 Å². The largest absolute Gasteiger partial charge is 0.475 e. The van der Waals surface area contributed by atoms with Gasteiger partial charge in [-0.1, -0.05) is 0 Å². The predicted molar refractivity (Wildman–Crippen MR) is 46.3 cm³/mol. The maximum Gasteiger partial charge on any atom is 0.213 e. The van der Waals surface area contributed by atoms with Crippen LogP contribution in [0.25, 0.3) is 0 Å². The Balaban J connectivity index is 2.46. The van der Waals surface area contributed by atoms with Crippen molar-refractivity contribution in [1.82, 2.24) is 4.98 Å². The lowest BCUT2D eigenvalue weighted by molar-refractivity contribution is 0.144. The van der Waals surface area contributed by atoms with Crippen LogP contribution in [0.1, 0.15) is 5.56 Å². The number of ether oxygens (including phenoxy) is 2. The molecule has 0 bridgehead atoms. The summed E-state index contributed by atoms with van der Waals surface area (Å²) in [5.74, 6) is 0.510. The van der Waals surface area contributed by atoms with Gasteiger partial charge in [0.1, 0.15) is 12.7 Å². The lowest BCUT2D eigenvalue weighted by Gasteiger charge is -2.02. The van der Waals surface area contributed by atoms with E-state index in [-0.39, 0.29) is 0 Å². The molecule has 4 nitrogen and oxygen atoms in total. The Hall–Kier alpha value is -1.60. The van der Waals surface area contributed by atoms with E-state index in [1.165, 1.54) is 6.20 Å². The van der Waals surface area contributed by atoms with Gasteiger partial charge in [-0.15, -0.1) is 0 Å². The number of nitriles is 1. The smallest absolute Gasteiger partial charge is 0.213 e. The molecule has 0 aliphatic rings. The molecule has 0 N–H and O–H groups in total. The molecule has 0 spiro atoms. The molecular weight excluding hydrogens is 168 g/mol. The number of pyridine rings is 1. The third-order valence-electron chi connectivity index (χ3n) is 1.40. The van der Waals surface area contributed by atoms with Gasteiger partial charge in [-0.2, -0.15) is 5.26 Å². The first-order chi connectivity index (χ1) is 6.36. The fourth-order valence-corrected chi connectivity index (χ4v) is 0.761. The van der Waals surface area contributed by atoms with Gasteiger partial charge in [-0.25, -0.2) is 4.98 Å². The molecule has 1 aromatic rings. The van der Waals surface area contributed by atoms with Gasteiger partial charge >= 0.3 is 0 Å². The molecule has 0 saturated heterocycles. The molecule has 4 heteroatoms. The van der Waals surface area contributed by atoms with Crippen LogP contribution in [0.15, 0.2) is 18.3 Å². The van der Waals surface area contributed by atoms with E-state index in [0.717, 1.165) is 0 Å². The molecule has 0 aliphatic heterocycles. The molecule has 0 unspecified atom stereocenters. The van der Waals surface area contributed by atoms with E-state index >= 15 is 0 Å². The van der Waals surface area contributed by atoms with Gasteiger partial charge < -0.3 is 9.47 Å². The second-order valence-corrected chi connectivity index (χ2v) is 2.34. The number of hydrogen-bond acceptors (Lipinski definition) is 4. The van der Waals surface area contributed by atoms with Crippen molar-refractivity contribution in [3.8, 4) is 11.9 Å². The van der Waals surface area contributed by atoms with Crippen molar-refractivity contribution in [3.63, 3.8) is 0 Å². The first kappa shape index (κ1) is 9.49. The summed E-state index contributed by atoms with van der Waals surface area (Å²) < 4.78 is 10.0. The van der Waals surface area contributed by atoms with Crippen molar-refractivity contribution in [2.24, 2.45) is 0 Å². The highest BCUT2D eigenvalue weighted by atomic mass is 16.5. The van der Waals surface area contributed by atoms with Crippen LogP contribution in [0.2, 0.25) is 0 Å². The van der Waals surface area contributed by atoms with Crippen molar-refractivity contribution in [1.29, 1.82) is 5.26 Å². The van der Waals surface area contributed by atoms with Crippen LogP contribution in [-0.4, -0.2) is 25.3 Å². The topological polar surface area (TPSA) is 55.1 Å². The molecule has 0 amide bonds. The monoisotopic (exact) mass is 178 g/mol. The average Bonchev–Trinajstić information content (AvgIpc) is 2.19. The highest BCUT2D eigenvalue weighted by molar-refractivity contribution is 5.28. The van der Waals surface area contributed by atoms with Crippen LogP contribution < -0.4 is 4.74 Å². The molecule has 0 radical (unpaired) electrons. The minimum Gasteiger partial charge on any atom is -0.475 e. The summed E-state index contributed by atoms with van der Waals surface area (Å²) in [5.41, 5.74) is 0.527. The Morgan fingerprint density at radius 2 is 2.31 bits per heavy atom. The van der Waals surface area contributed by atoms with Crippen LogP contribution in [-0.2, 0) is 4.74 Å². The third-order valence-corrected chi connectivity index (χ3v) is 1.40. The minimum absolute atomic E-state index is 0.468. The van der Waals surface area contributed by atoms with E-state index in [2.05, 4.69) is 4.98 Å². The molecule has 0 aliphatic carbocycles. The van der Waals surface area contributed by atoms with Crippen LogP contribution >= 0.6 is 0 Å². The number of methoxy groups -OCH3 is 1. The van der Waals surface area contributed by atoms with E-state index in [1.807, 2.05) is 6.07 Å². The van der Waals surface area contributed by atoms with E-state index in [1.54, 1.807) is 19.2 Å². The lowest BCUT2D eigenvalue weighted by Crippen LogP contribution is -2.05. The van der Waals surface area contributed by atoms with Gasteiger partial charge in [-0.05, 0) is 6.07 Å². The number of rotatable bonds is 4. The van der Waals surface area contributed by atoms with Gasteiger partial charge in [0, 0.05) is 19.4 Å². The second-order valence-electron chi connectivity index (χ2n) is 2.34. The Labute approximate surface area is 76.7 Å². The number of aromatic nitrogens is 1. The molecule has 1 aromatic heterocycles. The summed E-state index contributed by atoms with van der Waals surface area (Å²) in [7, 11) is 1.61. The Morgan fingerprint density at radius 3 is 2.85 bits per heavy atom. The van der Waals surface area contributed by atoms with Gasteiger partial charge in [0.05, 0.1) is 12.2 Å². The predicted octanol–water partition coefficient (Wildman–Crippen LogP) is 0.978. The van der Waals surface area contributed by atoms with Crippen molar-refractivity contribution < 1.29 is 9.47 Å². The number of nitrogens with zero attached hydrogens (tertiary/aromatic N) is 2. The first-order valence-corrected chi connectivity index (χ1v) is 3.84. The van der Waals surface area contributed by atoms with Gasteiger partial charge in [0.15, 0.2) is 0 Å². The Kier molecular flexibility index (Phi) is 3.74.